The first kappa shape index (κ1) is 16.3. The summed E-state index contributed by atoms with van der Waals surface area (Å²) >= 11 is 0. The molecular formula is C17H30O2. The fourth-order valence-electron chi connectivity index (χ4n) is 2.80. The maximum absolute atomic E-state index is 12.6. The van der Waals surface area contributed by atoms with E-state index in [1.807, 2.05) is 27.7 Å². The standard InChI is InChI=1S/C17H30O2/c1-8-9-10-16(6,7)19-14(18)17(11-13(2)3)12-15(17,4)5/h11H,8-10,12H2,1-7H3. The van der Waals surface area contributed by atoms with Crippen LogP contribution in [0.15, 0.2) is 11.6 Å². The van der Waals surface area contributed by atoms with E-state index in [1.54, 1.807) is 0 Å². The molecule has 0 saturated heterocycles. The largest absolute Gasteiger partial charge is 0.459 e. The Kier molecular flexibility index (Phi) is 4.54. The molecule has 0 radical (unpaired) electrons. The third kappa shape index (κ3) is 3.61. The quantitative estimate of drug-likeness (QED) is 0.506. The zero-order chi connectivity index (χ0) is 14.9. The number of carbonyl (C=O) groups is 1. The zero-order valence-electron chi connectivity index (χ0n) is 13.7. The lowest BCUT2D eigenvalue weighted by atomic mass is 9.93. The molecule has 1 atom stereocenters. The molecule has 1 unspecified atom stereocenters. The molecule has 1 rings (SSSR count). The van der Waals surface area contributed by atoms with Crippen LogP contribution in [-0.2, 0) is 9.53 Å². The van der Waals surface area contributed by atoms with Crippen LogP contribution in [0.5, 0.6) is 0 Å². The van der Waals surface area contributed by atoms with E-state index in [1.165, 1.54) is 5.57 Å². The van der Waals surface area contributed by atoms with Gasteiger partial charge in [-0.05, 0) is 52.4 Å². The molecule has 1 saturated carbocycles. The van der Waals surface area contributed by atoms with Crippen molar-refractivity contribution in [3.63, 3.8) is 0 Å². The molecule has 0 heterocycles. The molecule has 2 heteroatoms. The van der Waals surface area contributed by atoms with Crippen LogP contribution in [0.3, 0.4) is 0 Å². The van der Waals surface area contributed by atoms with Crippen LogP contribution in [0.25, 0.3) is 0 Å². The minimum Gasteiger partial charge on any atom is -0.459 e. The number of hydrogen-bond donors (Lipinski definition) is 0. The third-order valence-corrected chi connectivity index (χ3v) is 4.20. The van der Waals surface area contributed by atoms with Gasteiger partial charge in [-0.25, -0.2) is 0 Å². The first-order valence-electron chi connectivity index (χ1n) is 7.46. The molecule has 19 heavy (non-hydrogen) atoms. The third-order valence-electron chi connectivity index (χ3n) is 4.20. The van der Waals surface area contributed by atoms with Crippen molar-refractivity contribution < 1.29 is 9.53 Å². The molecule has 1 aliphatic carbocycles. The molecule has 1 fully saturated rings. The topological polar surface area (TPSA) is 26.3 Å². The monoisotopic (exact) mass is 266 g/mol. The van der Waals surface area contributed by atoms with Gasteiger partial charge in [0.1, 0.15) is 5.60 Å². The van der Waals surface area contributed by atoms with Gasteiger partial charge in [0.2, 0.25) is 0 Å². The second kappa shape index (κ2) is 5.30. The van der Waals surface area contributed by atoms with Crippen LogP contribution in [0.1, 0.15) is 74.1 Å². The van der Waals surface area contributed by atoms with Crippen LogP contribution in [0, 0.1) is 10.8 Å². The predicted octanol–water partition coefficient (Wildman–Crippen LogP) is 4.88. The Morgan fingerprint density at radius 1 is 1.32 bits per heavy atom. The summed E-state index contributed by atoms with van der Waals surface area (Å²) in [6.45, 7) is 14.6. The Labute approximate surface area is 118 Å². The van der Waals surface area contributed by atoms with Crippen molar-refractivity contribution in [3.05, 3.63) is 11.6 Å². The van der Waals surface area contributed by atoms with Crippen molar-refractivity contribution in [1.82, 2.24) is 0 Å². The zero-order valence-corrected chi connectivity index (χ0v) is 13.7. The van der Waals surface area contributed by atoms with Crippen molar-refractivity contribution in [3.8, 4) is 0 Å². The highest BCUT2D eigenvalue weighted by molar-refractivity contribution is 5.84. The van der Waals surface area contributed by atoms with E-state index in [0.717, 1.165) is 25.7 Å². The molecule has 0 bridgehead atoms. The number of ether oxygens (including phenoxy) is 1. The van der Waals surface area contributed by atoms with Crippen molar-refractivity contribution in [1.29, 1.82) is 0 Å². The van der Waals surface area contributed by atoms with Crippen LogP contribution in [-0.4, -0.2) is 11.6 Å². The highest BCUT2D eigenvalue weighted by Gasteiger charge is 2.66. The van der Waals surface area contributed by atoms with E-state index >= 15 is 0 Å². The smallest absolute Gasteiger partial charge is 0.317 e. The van der Waals surface area contributed by atoms with E-state index in [-0.39, 0.29) is 17.0 Å². The minimum atomic E-state index is -0.394. The average molecular weight is 266 g/mol. The molecule has 0 aromatic heterocycles. The summed E-state index contributed by atoms with van der Waals surface area (Å²) in [6, 6.07) is 0. The molecule has 1 aliphatic rings. The summed E-state index contributed by atoms with van der Waals surface area (Å²) in [5.74, 6) is -0.0418. The highest BCUT2D eigenvalue weighted by Crippen LogP contribution is 2.65. The summed E-state index contributed by atoms with van der Waals surface area (Å²) in [7, 11) is 0. The summed E-state index contributed by atoms with van der Waals surface area (Å²) in [5.41, 5.74) is 0.472. The molecular weight excluding hydrogens is 236 g/mol. The van der Waals surface area contributed by atoms with E-state index in [9.17, 15) is 4.79 Å². The van der Waals surface area contributed by atoms with Crippen molar-refractivity contribution in [2.24, 2.45) is 10.8 Å². The molecule has 0 aromatic carbocycles. The average Bonchev–Trinajstić information content (AvgIpc) is 2.77. The van der Waals surface area contributed by atoms with Gasteiger partial charge in [0.25, 0.3) is 0 Å². The summed E-state index contributed by atoms with van der Waals surface area (Å²) in [5, 5.41) is 0. The summed E-state index contributed by atoms with van der Waals surface area (Å²) in [6.07, 6.45) is 6.16. The van der Waals surface area contributed by atoms with E-state index < -0.39 is 5.41 Å². The number of hydrogen-bond acceptors (Lipinski definition) is 2. The summed E-state index contributed by atoms with van der Waals surface area (Å²) < 4.78 is 5.82. The Morgan fingerprint density at radius 2 is 1.84 bits per heavy atom. The number of unbranched alkanes of at least 4 members (excludes halogenated alkanes) is 1. The van der Waals surface area contributed by atoms with Crippen LogP contribution in [0.2, 0.25) is 0 Å². The van der Waals surface area contributed by atoms with Gasteiger partial charge in [-0.3, -0.25) is 4.79 Å². The number of esters is 1. The van der Waals surface area contributed by atoms with Crippen LogP contribution >= 0.6 is 0 Å². The molecule has 110 valence electrons. The molecule has 0 N–H and O–H groups in total. The first-order valence-corrected chi connectivity index (χ1v) is 7.46. The van der Waals surface area contributed by atoms with Crippen molar-refractivity contribution in [2.45, 2.75) is 79.8 Å². The lowest BCUT2D eigenvalue weighted by Crippen LogP contribution is -2.33. The molecule has 0 amide bonds. The Bertz CT molecular complexity index is 373. The minimum absolute atomic E-state index is 0.0300. The second-order valence-corrected chi connectivity index (χ2v) is 7.51. The van der Waals surface area contributed by atoms with E-state index in [2.05, 4.69) is 26.8 Å². The normalized spacial score (nSPS) is 24.8. The SMILES string of the molecule is CCCCC(C)(C)OC(=O)C1(C=C(C)C)CC1(C)C. The van der Waals surface area contributed by atoms with Gasteiger partial charge in [0.05, 0.1) is 5.41 Å². The van der Waals surface area contributed by atoms with Gasteiger partial charge >= 0.3 is 5.97 Å². The number of allylic oxidation sites excluding steroid dienone is 1. The lowest BCUT2D eigenvalue weighted by Gasteiger charge is -2.28. The maximum atomic E-state index is 12.6. The maximum Gasteiger partial charge on any atom is 0.317 e. The van der Waals surface area contributed by atoms with Gasteiger partial charge < -0.3 is 4.74 Å². The fourth-order valence-corrected chi connectivity index (χ4v) is 2.80. The fraction of sp³-hybridized carbons (Fsp3) is 0.824. The Morgan fingerprint density at radius 3 is 2.21 bits per heavy atom. The van der Waals surface area contributed by atoms with Gasteiger partial charge in [-0.2, -0.15) is 0 Å². The molecule has 0 aromatic rings. The van der Waals surface area contributed by atoms with Gasteiger partial charge in [-0.1, -0.05) is 38.8 Å². The number of carbonyl (C=O) groups excluding carboxylic acids is 1. The summed E-state index contributed by atoms with van der Waals surface area (Å²) in [4.78, 5) is 12.6. The second-order valence-electron chi connectivity index (χ2n) is 7.51. The van der Waals surface area contributed by atoms with E-state index in [0.29, 0.717) is 0 Å². The Balaban J connectivity index is 2.79. The van der Waals surface area contributed by atoms with Crippen LogP contribution < -0.4 is 0 Å². The molecule has 2 nitrogen and oxygen atoms in total. The molecule has 0 spiro atoms. The van der Waals surface area contributed by atoms with Gasteiger partial charge in [0.15, 0.2) is 0 Å². The highest BCUT2D eigenvalue weighted by atomic mass is 16.6. The van der Waals surface area contributed by atoms with Crippen molar-refractivity contribution >= 4 is 5.97 Å². The predicted molar refractivity (Wildman–Crippen MR) is 80.0 cm³/mol. The number of rotatable bonds is 6. The first-order chi connectivity index (χ1) is 8.56. The Hall–Kier alpha value is -0.790. The lowest BCUT2D eigenvalue weighted by molar-refractivity contribution is -0.163. The molecule has 0 aliphatic heterocycles. The van der Waals surface area contributed by atoms with E-state index in [4.69, 9.17) is 4.74 Å². The van der Waals surface area contributed by atoms with Gasteiger partial charge in [0, 0.05) is 0 Å². The van der Waals surface area contributed by atoms with Crippen molar-refractivity contribution in [2.75, 3.05) is 0 Å². The van der Waals surface area contributed by atoms with Crippen LogP contribution in [0.4, 0.5) is 0 Å². The van der Waals surface area contributed by atoms with Gasteiger partial charge in [-0.15, -0.1) is 0 Å².